The number of halogens is 1. The van der Waals surface area contributed by atoms with Crippen molar-refractivity contribution in [1.82, 2.24) is 10.2 Å². The lowest BCUT2D eigenvalue weighted by Crippen LogP contribution is -2.52. The van der Waals surface area contributed by atoms with Crippen molar-refractivity contribution >= 4 is 18.3 Å². The molecule has 0 aromatic rings. The standard InChI is InChI=1S/C18H32N2O2.ClH/c1-14(2)12-22-16-6-9-20(10-7-16)17(21)18-8-4-3-5-15(18)11-19-13-18;/h14-16,19H,3-13H2,1-2H3;1H/t15-,18+;/m0./s1. The van der Waals surface area contributed by atoms with Crippen molar-refractivity contribution in [2.24, 2.45) is 17.3 Å². The van der Waals surface area contributed by atoms with Crippen LogP contribution < -0.4 is 5.32 Å². The lowest BCUT2D eigenvalue weighted by atomic mass is 9.67. The predicted molar refractivity (Wildman–Crippen MR) is 94.9 cm³/mol. The monoisotopic (exact) mass is 344 g/mol. The highest BCUT2D eigenvalue weighted by Gasteiger charge is 2.51. The molecule has 0 unspecified atom stereocenters. The lowest BCUT2D eigenvalue weighted by Gasteiger charge is -2.43. The van der Waals surface area contributed by atoms with Gasteiger partial charge < -0.3 is 15.0 Å². The van der Waals surface area contributed by atoms with Gasteiger partial charge in [-0.3, -0.25) is 4.79 Å². The molecule has 0 aromatic heterocycles. The van der Waals surface area contributed by atoms with Gasteiger partial charge in [0.15, 0.2) is 0 Å². The van der Waals surface area contributed by atoms with Crippen molar-refractivity contribution in [3.05, 3.63) is 0 Å². The molecule has 2 aliphatic heterocycles. The van der Waals surface area contributed by atoms with E-state index in [9.17, 15) is 4.79 Å². The summed E-state index contributed by atoms with van der Waals surface area (Å²) in [6.45, 7) is 8.93. The second-order valence-electron chi connectivity index (χ2n) is 7.95. The molecular weight excluding hydrogens is 312 g/mol. The molecule has 2 saturated heterocycles. The van der Waals surface area contributed by atoms with Crippen LogP contribution in [-0.4, -0.2) is 49.7 Å². The highest BCUT2D eigenvalue weighted by atomic mass is 35.5. The van der Waals surface area contributed by atoms with E-state index in [4.69, 9.17) is 4.74 Å². The van der Waals surface area contributed by atoms with Crippen molar-refractivity contribution < 1.29 is 9.53 Å². The quantitative estimate of drug-likeness (QED) is 0.852. The van der Waals surface area contributed by atoms with E-state index in [1.807, 2.05) is 0 Å². The summed E-state index contributed by atoms with van der Waals surface area (Å²) < 4.78 is 5.95. The smallest absolute Gasteiger partial charge is 0.230 e. The summed E-state index contributed by atoms with van der Waals surface area (Å²) in [7, 11) is 0. The van der Waals surface area contributed by atoms with Crippen LogP contribution in [0.15, 0.2) is 0 Å². The molecule has 1 amide bonds. The van der Waals surface area contributed by atoms with Crippen LogP contribution in [-0.2, 0) is 9.53 Å². The van der Waals surface area contributed by atoms with Crippen LogP contribution in [0.5, 0.6) is 0 Å². The van der Waals surface area contributed by atoms with Gasteiger partial charge in [-0.2, -0.15) is 0 Å². The fraction of sp³-hybridized carbons (Fsp3) is 0.944. The Balaban J connectivity index is 0.00000192. The Hall–Kier alpha value is -0.320. The summed E-state index contributed by atoms with van der Waals surface area (Å²) in [6, 6.07) is 0. The summed E-state index contributed by atoms with van der Waals surface area (Å²) in [6.07, 6.45) is 7.21. The van der Waals surface area contributed by atoms with Gasteiger partial charge in [0.25, 0.3) is 0 Å². The summed E-state index contributed by atoms with van der Waals surface area (Å²) in [5, 5.41) is 3.49. The minimum atomic E-state index is -0.0795. The Morgan fingerprint density at radius 2 is 2.00 bits per heavy atom. The van der Waals surface area contributed by atoms with E-state index in [0.717, 1.165) is 52.0 Å². The number of piperidine rings is 1. The first-order valence-electron chi connectivity index (χ1n) is 9.23. The van der Waals surface area contributed by atoms with Crippen LogP contribution in [0.4, 0.5) is 0 Å². The van der Waals surface area contributed by atoms with Crippen LogP contribution in [0.1, 0.15) is 52.4 Å². The number of rotatable bonds is 4. The number of hydrogen-bond acceptors (Lipinski definition) is 3. The molecule has 3 rings (SSSR count). The fourth-order valence-electron chi connectivity index (χ4n) is 4.54. The van der Waals surface area contributed by atoms with Crippen molar-refractivity contribution in [2.45, 2.75) is 58.5 Å². The van der Waals surface area contributed by atoms with Gasteiger partial charge in [-0.1, -0.05) is 26.7 Å². The van der Waals surface area contributed by atoms with Gasteiger partial charge in [-0.05, 0) is 44.1 Å². The van der Waals surface area contributed by atoms with Crippen LogP contribution in [0.2, 0.25) is 0 Å². The van der Waals surface area contributed by atoms with Gasteiger partial charge >= 0.3 is 0 Å². The van der Waals surface area contributed by atoms with Crippen LogP contribution in [0.3, 0.4) is 0 Å². The molecule has 2 heterocycles. The maximum Gasteiger partial charge on any atom is 0.230 e. The van der Waals surface area contributed by atoms with E-state index < -0.39 is 0 Å². The average molecular weight is 345 g/mol. The first-order chi connectivity index (χ1) is 10.6. The zero-order chi connectivity index (χ0) is 15.6. The van der Waals surface area contributed by atoms with Crippen LogP contribution in [0, 0.1) is 17.3 Å². The average Bonchev–Trinajstić information content (AvgIpc) is 2.98. The van der Waals surface area contributed by atoms with Crippen molar-refractivity contribution in [2.75, 3.05) is 32.8 Å². The zero-order valence-electron chi connectivity index (χ0n) is 14.7. The maximum absolute atomic E-state index is 13.2. The number of fused-ring (bicyclic) bond motifs is 1. The van der Waals surface area contributed by atoms with E-state index in [1.54, 1.807) is 0 Å². The fourth-order valence-corrected chi connectivity index (χ4v) is 4.54. The summed E-state index contributed by atoms with van der Waals surface area (Å²) in [5.74, 6) is 1.60. The zero-order valence-corrected chi connectivity index (χ0v) is 15.5. The molecule has 0 bridgehead atoms. The van der Waals surface area contributed by atoms with Gasteiger partial charge in [0.2, 0.25) is 5.91 Å². The van der Waals surface area contributed by atoms with Gasteiger partial charge in [0.1, 0.15) is 0 Å². The molecule has 0 aromatic carbocycles. The molecular formula is C18H33ClN2O2. The first kappa shape index (κ1) is 19.0. The SMILES string of the molecule is CC(C)COC1CCN(C(=O)[C@@]23CCCC[C@H]2CNC3)CC1.Cl. The Morgan fingerprint density at radius 3 is 2.70 bits per heavy atom. The highest BCUT2D eigenvalue weighted by molar-refractivity contribution is 5.85. The van der Waals surface area contributed by atoms with Gasteiger partial charge in [0.05, 0.1) is 11.5 Å². The second-order valence-corrected chi connectivity index (χ2v) is 7.95. The Labute approximate surface area is 147 Å². The van der Waals surface area contributed by atoms with Crippen LogP contribution in [0.25, 0.3) is 0 Å². The summed E-state index contributed by atoms with van der Waals surface area (Å²) in [5.41, 5.74) is -0.0795. The molecule has 3 aliphatic rings. The molecule has 0 radical (unpaired) electrons. The van der Waals surface area contributed by atoms with E-state index in [1.165, 1.54) is 19.3 Å². The Bertz CT molecular complexity index is 396. The normalized spacial score (nSPS) is 31.8. The third-order valence-corrected chi connectivity index (χ3v) is 5.86. The first-order valence-corrected chi connectivity index (χ1v) is 9.23. The number of carbonyl (C=O) groups is 1. The number of nitrogens with one attached hydrogen (secondary N) is 1. The van der Waals surface area contributed by atoms with Crippen LogP contribution >= 0.6 is 12.4 Å². The molecule has 4 nitrogen and oxygen atoms in total. The Kier molecular flexibility index (Phi) is 6.76. The number of ether oxygens (including phenoxy) is 1. The predicted octanol–water partition coefficient (Wildman–Crippen LogP) is 2.85. The minimum absolute atomic E-state index is 0. The largest absolute Gasteiger partial charge is 0.378 e. The Morgan fingerprint density at radius 1 is 1.26 bits per heavy atom. The number of nitrogens with zero attached hydrogens (tertiary/aromatic N) is 1. The second kappa shape index (κ2) is 8.17. The van der Waals surface area contributed by atoms with Gasteiger partial charge in [-0.15, -0.1) is 12.4 Å². The maximum atomic E-state index is 13.2. The number of hydrogen-bond donors (Lipinski definition) is 1. The molecule has 1 N–H and O–H groups in total. The molecule has 0 spiro atoms. The third kappa shape index (κ3) is 4.02. The summed E-state index contributed by atoms with van der Waals surface area (Å²) in [4.78, 5) is 15.3. The lowest BCUT2D eigenvalue weighted by molar-refractivity contribution is -0.148. The molecule has 3 fully saturated rings. The highest BCUT2D eigenvalue weighted by Crippen LogP contribution is 2.45. The molecule has 2 atom stereocenters. The van der Waals surface area contributed by atoms with Crippen molar-refractivity contribution in [3.63, 3.8) is 0 Å². The van der Waals surface area contributed by atoms with E-state index >= 15 is 0 Å². The van der Waals surface area contributed by atoms with E-state index in [-0.39, 0.29) is 17.8 Å². The summed E-state index contributed by atoms with van der Waals surface area (Å²) >= 11 is 0. The van der Waals surface area contributed by atoms with E-state index in [0.29, 0.717) is 23.8 Å². The van der Waals surface area contributed by atoms with Crippen molar-refractivity contribution in [3.8, 4) is 0 Å². The minimum Gasteiger partial charge on any atom is -0.378 e. The molecule has 1 aliphatic carbocycles. The number of amides is 1. The number of carbonyl (C=O) groups excluding carboxylic acids is 1. The molecule has 1 saturated carbocycles. The van der Waals surface area contributed by atoms with E-state index in [2.05, 4.69) is 24.1 Å². The van der Waals surface area contributed by atoms with Crippen molar-refractivity contribution in [1.29, 1.82) is 0 Å². The molecule has 134 valence electrons. The molecule has 5 heteroatoms. The number of likely N-dealkylation sites (tertiary alicyclic amines) is 1. The van der Waals surface area contributed by atoms with Gasteiger partial charge in [0, 0.05) is 26.2 Å². The van der Waals surface area contributed by atoms with Gasteiger partial charge in [-0.25, -0.2) is 0 Å². The topological polar surface area (TPSA) is 41.6 Å². The molecule has 23 heavy (non-hydrogen) atoms. The third-order valence-electron chi connectivity index (χ3n) is 5.86.